The Hall–Kier alpha value is -2.24. The second-order valence-electron chi connectivity index (χ2n) is 4.16. The first kappa shape index (κ1) is 13.2. The third-order valence-electron chi connectivity index (χ3n) is 2.73. The predicted octanol–water partition coefficient (Wildman–Crippen LogP) is 2.61. The number of carboxylic acid groups (broad SMARTS) is 1. The Kier molecular flexibility index (Phi) is 3.59. The molecule has 0 aliphatic heterocycles. The van der Waals surface area contributed by atoms with Crippen molar-refractivity contribution >= 4 is 5.97 Å². The van der Waals surface area contributed by atoms with Gasteiger partial charge in [-0.25, -0.2) is 8.78 Å². The van der Waals surface area contributed by atoms with Crippen LogP contribution in [0, 0.1) is 18.6 Å². The minimum Gasteiger partial charge on any atom is -0.481 e. The van der Waals surface area contributed by atoms with Crippen LogP contribution in [-0.4, -0.2) is 20.9 Å². The molecule has 19 heavy (non-hydrogen) atoms. The van der Waals surface area contributed by atoms with Crippen LogP contribution in [0.3, 0.4) is 0 Å². The van der Waals surface area contributed by atoms with E-state index in [1.54, 1.807) is 13.1 Å². The minimum atomic E-state index is -0.921. The summed E-state index contributed by atoms with van der Waals surface area (Å²) in [4.78, 5) is 10.5. The molecule has 0 amide bonds. The third kappa shape index (κ3) is 2.96. The van der Waals surface area contributed by atoms with E-state index in [0.717, 1.165) is 12.1 Å². The summed E-state index contributed by atoms with van der Waals surface area (Å²) in [6.45, 7) is 1.97. The SMILES string of the molecule is Cc1nn(CCC(=O)O)cc1-c1ccc(F)c(F)c1. The van der Waals surface area contributed by atoms with Gasteiger partial charge in [0, 0.05) is 11.8 Å². The van der Waals surface area contributed by atoms with Crippen molar-refractivity contribution in [3.8, 4) is 11.1 Å². The van der Waals surface area contributed by atoms with Gasteiger partial charge in [0.05, 0.1) is 18.7 Å². The van der Waals surface area contributed by atoms with Gasteiger partial charge < -0.3 is 5.11 Å². The lowest BCUT2D eigenvalue weighted by molar-refractivity contribution is -0.137. The number of carbonyl (C=O) groups is 1. The van der Waals surface area contributed by atoms with Crippen LogP contribution < -0.4 is 0 Å². The van der Waals surface area contributed by atoms with E-state index in [4.69, 9.17) is 5.11 Å². The largest absolute Gasteiger partial charge is 0.481 e. The van der Waals surface area contributed by atoms with Gasteiger partial charge in [-0.15, -0.1) is 0 Å². The molecule has 1 heterocycles. The van der Waals surface area contributed by atoms with Crippen LogP contribution in [-0.2, 0) is 11.3 Å². The highest BCUT2D eigenvalue weighted by atomic mass is 19.2. The van der Waals surface area contributed by atoms with Crippen LogP contribution in [0.1, 0.15) is 12.1 Å². The quantitative estimate of drug-likeness (QED) is 0.925. The van der Waals surface area contributed by atoms with E-state index >= 15 is 0 Å². The first-order valence-corrected chi connectivity index (χ1v) is 5.68. The second kappa shape index (κ2) is 5.17. The summed E-state index contributed by atoms with van der Waals surface area (Å²) in [6, 6.07) is 3.61. The molecule has 0 saturated heterocycles. The molecule has 1 aromatic heterocycles. The number of aromatic nitrogens is 2. The summed E-state index contributed by atoms with van der Waals surface area (Å²) in [5, 5.41) is 12.8. The van der Waals surface area contributed by atoms with Crippen LogP contribution in [0.4, 0.5) is 8.78 Å². The molecule has 0 aliphatic carbocycles. The predicted molar refractivity (Wildman–Crippen MR) is 64.6 cm³/mol. The average molecular weight is 266 g/mol. The molecule has 100 valence electrons. The fourth-order valence-electron chi connectivity index (χ4n) is 1.79. The summed E-state index contributed by atoms with van der Waals surface area (Å²) in [7, 11) is 0. The highest BCUT2D eigenvalue weighted by Crippen LogP contribution is 2.24. The van der Waals surface area contributed by atoms with Crippen molar-refractivity contribution in [2.24, 2.45) is 0 Å². The molecule has 0 spiro atoms. The maximum Gasteiger partial charge on any atom is 0.305 e. The zero-order valence-corrected chi connectivity index (χ0v) is 10.2. The van der Waals surface area contributed by atoms with E-state index in [1.807, 2.05) is 0 Å². The fraction of sp³-hybridized carbons (Fsp3) is 0.231. The van der Waals surface area contributed by atoms with Gasteiger partial charge in [0.2, 0.25) is 0 Å². The third-order valence-corrected chi connectivity index (χ3v) is 2.73. The summed E-state index contributed by atoms with van der Waals surface area (Å²) >= 11 is 0. The lowest BCUT2D eigenvalue weighted by Gasteiger charge is -2.00. The maximum absolute atomic E-state index is 13.2. The van der Waals surface area contributed by atoms with Gasteiger partial charge in [-0.05, 0) is 24.6 Å². The molecule has 0 fully saturated rings. The molecule has 0 aliphatic rings. The second-order valence-corrected chi connectivity index (χ2v) is 4.16. The first-order valence-electron chi connectivity index (χ1n) is 5.68. The lowest BCUT2D eigenvalue weighted by atomic mass is 10.1. The van der Waals surface area contributed by atoms with E-state index in [9.17, 15) is 13.6 Å². The molecule has 1 aromatic carbocycles. The molecular formula is C13H12F2N2O2. The first-order chi connectivity index (χ1) is 8.97. The lowest BCUT2D eigenvalue weighted by Crippen LogP contribution is -2.04. The van der Waals surface area contributed by atoms with Crippen LogP contribution in [0.15, 0.2) is 24.4 Å². The van der Waals surface area contributed by atoms with Crippen molar-refractivity contribution < 1.29 is 18.7 Å². The maximum atomic E-state index is 13.2. The Balaban J connectivity index is 2.29. The van der Waals surface area contributed by atoms with Crippen LogP contribution >= 0.6 is 0 Å². The van der Waals surface area contributed by atoms with Gasteiger partial charge in [0.25, 0.3) is 0 Å². The van der Waals surface area contributed by atoms with Crippen LogP contribution in [0.2, 0.25) is 0 Å². The minimum absolute atomic E-state index is 0.0433. The summed E-state index contributed by atoms with van der Waals surface area (Å²) < 4.78 is 27.5. The van der Waals surface area contributed by atoms with Gasteiger partial charge in [-0.2, -0.15) is 5.10 Å². The van der Waals surface area contributed by atoms with Gasteiger partial charge in [-0.1, -0.05) is 6.07 Å². The molecule has 0 radical (unpaired) electrons. The number of hydrogen-bond acceptors (Lipinski definition) is 2. The van der Waals surface area contributed by atoms with Crippen molar-refractivity contribution in [2.75, 3.05) is 0 Å². The molecule has 0 atom stereocenters. The Morgan fingerprint density at radius 1 is 1.37 bits per heavy atom. The average Bonchev–Trinajstić information content (AvgIpc) is 2.72. The number of halogens is 2. The smallest absolute Gasteiger partial charge is 0.305 e. The van der Waals surface area contributed by atoms with Gasteiger partial charge in [0.1, 0.15) is 0 Å². The Labute approximate surface area is 108 Å². The highest BCUT2D eigenvalue weighted by Gasteiger charge is 2.10. The number of benzene rings is 1. The molecule has 0 bridgehead atoms. The van der Waals surface area contributed by atoms with Gasteiger partial charge in [-0.3, -0.25) is 9.48 Å². The number of hydrogen-bond donors (Lipinski definition) is 1. The molecule has 0 unspecified atom stereocenters. The van der Waals surface area contributed by atoms with Crippen molar-refractivity contribution in [3.05, 3.63) is 41.7 Å². The summed E-state index contributed by atoms with van der Waals surface area (Å²) in [6.07, 6.45) is 1.59. The van der Waals surface area contributed by atoms with Crippen molar-refractivity contribution in [1.82, 2.24) is 9.78 Å². The zero-order chi connectivity index (χ0) is 14.0. The van der Waals surface area contributed by atoms with Crippen LogP contribution in [0.25, 0.3) is 11.1 Å². The fourth-order valence-corrected chi connectivity index (χ4v) is 1.79. The zero-order valence-electron chi connectivity index (χ0n) is 10.2. The van der Waals surface area contributed by atoms with Gasteiger partial charge >= 0.3 is 5.97 Å². The molecule has 0 saturated carbocycles. The Bertz CT molecular complexity index is 623. The number of aryl methyl sites for hydroxylation is 2. The van der Waals surface area contributed by atoms with E-state index < -0.39 is 17.6 Å². The Morgan fingerprint density at radius 3 is 2.74 bits per heavy atom. The number of carboxylic acids is 1. The van der Waals surface area contributed by atoms with Gasteiger partial charge in [0.15, 0.2) is 11.6 Å². The molecule has 2 aromatic rings. The monoisotopic (exact) mass is 266 g/mol. The Morgan fingerprint density at radius 2 is 2.11 bits per heavy atom. The van der Waals surface area contributed by atoms with E-state index in [1.165, 1.54) is 10.7 Å². The van der Waals surface area contributed by atoms with E-state index in [-0.39, 0.29) is 13.0 Å². The summed E-state index contributed by atoms with van der Waals surface area (Å²) in [5.74, 6) is -2.74. The van der Waals surface area contributed by atoms with Crippen LogP contribution in [0.5, 0.6) is 0 Å². The van der Waals surface area contributed by atoms with Crippen molar-refractivity contribution in [3.63, 3.8) is 0 Å². The van der Waals surface area contributed by atoms with Crippen molar-refractivity contribution in [2.45, 2.75) is 19.9 Å². The molecular weight excluding hydrogens is 254 g/mol. The summed E-state index contributed by atoms with van der Waals surface area (Å²) in [5.41, 5.74) is 1.80. The van der Waals surface area contributed by atoms with E-state index in [0.29, 0.717) is 16.8 Å². The normalized spacial score (nSPS) is 10.7. The van der Waals surface area contributed by atoms with Crippen molar-refractivity contribution in [1.29, 1.82) is 0 Å². The molecule has 6 heteroatoms. The number of aliphatic carboxylic acids is 1. The molecule has 2 rings (SSSR count). The number of nitrogens with zero attached hydrogens (tertiary/aromatic N) is 2. The topological polar surface area (TPSA) is 55.1 Å². The standard InChI is InChI=1S/C13H12F2N2O2/c1-8-10(7-17(16-8)5-4-13(18)19)9-2-3-11(14)12(15)6-9/h2-3,6-7H,4-5H2,1H3,(H,18,19). The molecule has 1 N–H and O–H groups in total. The highest BCUT2D eigenvalue weighted by molar-refractivity contribution is 5.67. The number of rotatable bonds is 4. The van der Waals surface area contributed by atoms with E-state index in [2.05, 4.69) is 5.10 Å². The molecule has 4 nitrogen and oxygen atoms in total.